The smallest absolute Gasteiger partial charge is 0.166 e. The van der Waals surface area contributed by atoms with Gasteiger partial charge in [0.05, 0.1) is 32.2 Å². The van der Waals surface area contributed by atoms with E-state index in [1.807, 2.05) is 55.5 Å². The minimum absolute atomic E-state index is 0.0635. The molecule has 1 unspecified atom stereocenters. The topological polar surface area (TPSA) is 67.4 Å². The van der Waals surface area contributed by atoms with Gasteiger partial charge in [-0.3, -0.25) is 0 Å². The van der Waals surface area contributed by atoms with Gasteiger partial charge in [-0.15, -0.1) is 0 Å². The minimum Gasteiger partial charge on any atom is -0.497 e. The Balaban J connectivity index is 2.04. The molecule has 1 aromatic heterocycles. The number of aliphatic hydroxyl groups excluding tert-OH is 1. The lowest BCUT2D eigenvalue weighted by atomic mass is 10.0. The second-order valence-corrected chi connectivity index (χ2v) is 7.26. The quantitative estimate of drug-likeness (QED) is 0.609. The number of benzene rings is 2. The molecule has 3 aromatic rings. The van der Waals surface area contributed by atoms with E-state index in [0.29, 0.717) is 0 Å². The van der Waals surface area contributed by atoms with Crippen molar-refractivity contribution in [2.24, 2.45) is 0 Å². The molecule has 3 rings (SSSR count). The monoisotopic (exact) mass is 370 g/mol. The molecular weight excluding hydrogens is 348 g/mol. The summed E-state index contributed by atoms with van der Waals surface area (Å²) in [6, 6.07) is 15.7. The van der Waals surface area contributed by atoms with Gasteiger partial charge in [-0.1, -0.05) is 18.7 Å². The fourth-order valence-corrected chi connectivity index (χ4v) is 3.32. The fraction of sp³-hybridized carbons (Fsp3) is 0.250. The highest BCUT2D eigenvalue weighted by molar-refractivity contribution is 7.99. The maximum Gasteiger partial charge on any atom is 0.166 e. The van der Waals surface area contributed by atoms with Gasteiger partial charge in [0.2, 0.25) is 0 Å². The Kier molecular flexibility index (Phi) is 5.85. The van der Waals surface area contributed by atoms with Crippen molar-refractivity contribution in [3.05, 3.63) is 48.5 Å². The van der Waals surface area contributed by atoms with Crippen LogP contribution < -0.4 is 9.47 Å². The summed E-state index contributed by atoms with van der Waals surface area (Å²) >= 11 is 1.52. The van der Waals surface area contributed by atoms with Crippen LogP contribution in [0.15, 0.2) is 53.7 Å². The van der Waals surface area contributed by atoms with Crippen molar-refractivity contribution in [3.63, 3.8) is 0 Å². The third kappa shape index (κ3) is 4.03. The first-order valence-electron chi connectivity index (χ1n) is 8.31. The van der Waals surface area contributed by atoms with Crippen LogP contribution in [0.25, 0.3) is 22.5 Å². The van der Waals surface area contributed by atoms with Crippen molar-refractivity contribution < 1.29 is 14.6 Å². The van der Waals surface area contributed by atoms with Crippen molar-refractivity contribution in [2.75, 3.05) is 20.8 Å². The van der Waals surface area contributed by atoms with E-state index in [-0.39, 0.29) is 11.9 Å². The van der Waals surface area contributed by atoms with Crippen LogP contribution in [0.5, 0.6) is 11.5 Å². The standard InChI is InChI=1S/C20H22N2O3S/c1-13(12-23)26-20-21-18(14-4-8-16(24-2)9-5-14)19(22-20)15-6-10-17(25-3)11-7-15/h4-11,13,23H,12H2,1-3H3,(H,21,22). The van der Waals surface area contributed by atoms with Crippen LogP contribution in [0.3, 0.4) is 0 Å². The summed E-state index contributed by atoms with van der Waals surface area (Å²) in [7, 11) is 3.30. The molecule has 0 amide bonds. The number of imidazole rings is 1. The van der Waals surface area contributed by atoms with E-state index in [1.54, 1.807) is 14.2 Å². The van der Waals surface area contributed by atoms with Crippen molar-refractivity contribution in [2.45, 2.75) is 17.3 Å². The van der Waals surface area contributed by atoms with Crippen molar-refractivity contribution >= 4 is 11.8 Å². The van der Waals surface area contributed by atoms with E-state index < -0.39 is 0 Å². The van der Waals surface area contributed by atoms with Crippen molar-refractivity contribution in [1.29, 1.82) is 0 Å². The van der Waals surface area contributed by atoms with Gasteiger partial charge in [0, 0.05) is 16.4 Å². The van der Waals surface area contributed by atoms with Gasteiger partial charge in [0.15, 0.2) is 5.16 Å². The van der Waals surface area contributed by atoms with Crippen molar-refractivity contribution in [1.82, 2.24) is 9.97 Å². The van der Waals surface area contributed by atoms with E-state index in [0.717, 1.165) is 39.2 Å². The van der Waals surface area contributed by atoms with Gasteiger partial charge in [0.1, 0.15) is 11.5 Å². The number of H-pyrrole nitrogens is 1. The molecule has 0 fully saturated rings. The van der Waals surface area contributed by atoms with Crippen molar-refractivity contribution in [3.8, 4) is 34.0 Å². The first kappa shape index (κ1) is 18.4. The Morgan fingerprint density at radius 3 is 2.00 bits per heavy atom. The molecule has 0 bridgehead atoms. The van der Waals surface area contributed by atoms with E-state index in [4.69, 9.17) is 14.5 Å². The molecule has 0 spiro atoms. The van der Waals surface area contributed by atoms with E-state index in [9.17, 15) is 5.11 Å². The number of rotatable bonds is 7. The summed E-state index contributed by atoms with van der Waals surface area (Å²) in [5, 5.41) is 10.2. The Labute approximate surface area is 157 Å². The molecule has 0 radical (unpaired) electrons. The fourth-order valence-electron chi connectivity index (χ4n) is 2.56. The molecule has 6 heteroatoms. The summed E-state index contributed by atoms with van der Waals surface area (Å²) in [4.78, 5) is 8.16. The molecule has 2 aromatic carbocycles. The zero-order valence-corrected chi connectivity index (χ0v) is 15.8. The molecule has 136 valence electrons. The molecule has 0 aliphatic rings. The van der Waals surface area contributed by atoms with Gasteiger partial charge in [-0.2, -0.15) is 0 Å². The summed E-state index contributed by atoms with van der Waals surface area (Å²) in [5.74, 6) is 1.61. The lowest BCUT2D eigenvalue weighted by Crippen LogP contribution is -2.01. The molecule has 0 aliphatic carbocycles. The number of nitrogens with one attached hydrogen (secondary N) is 1. The molecule has 0 aliphatic heterocycles. The summed E-state index contributed by atoms with van der Waals surface area (Å²) < 4.78 is 10.5. The number of hydrogen-bond donors (Lipinski definition) is 2. The first-order valence-corrected chi connectivity index (χ1v) is 9.19. The van der Waals surface area contributed by atoms with E-state index >= 15 is 0 Å². The van der Waals surface area contributed by atoms with Crippen LogP contribution in [0.1, 0.15) is 6.92 Å². The summed E-state index contributed by atoms with van der Waals surface area (Å²) in [6.07, 6.45) is 0. The first-order chi connectivity index (χ1) is 12.6. The molecule has 26 heavy (non-hydrogen) atoms. The number of nitrogens with zero attached hydrogens (tertiary/aromatic N) is 1. The van der Waals surface area contributed by atoms with Crippen LogP contribution in [0.2, 0.25) is 0 Å². The van der Waals surface area contributed by atoms with Crippen LogP contribution in [-0.4, -0.2) is 41.2 Å². The Morgan fingerprint density at radius 1 is 0.962 bits per heavy atom. The number of aromatic amines is 1. The highest BCUT2D eigenvalue weighted by atomic mass is 32.2. The van der Waals surface area contributed by atoms with Gasteiger partial charge in [0.25, 0.3) is 0 Å². The second-order valence-electron chi connectivity index (χ2n) is 5.83. The average molecular weight is 370 g/mol. The van der Waals surface area contributed by atoms with Crippen LogP contribution in [0.4, 0.5) is 0 Å². The Bertz CT molecular complexity index is 779. The maximum absolute atomic E-state index is 9.33. The largest absolute Gasteiger partial charge is 0.497 e. The van der Waals surface area contributed by atoms with Gasteiger partial charge < -0.3 is 19.6 Å². The van der Waals surface area contributed by atoms with Gasteiger partial charge in [-0.25, -0.2) is 4.98 Å². The van der Waals surface area contributed by atoms with Gasteiger partial charge >= 0.3 is 0 Å². The number of hydrogen-bond acceptors (Lipinski definition) is 5. The molecule has 0 saturated carbocycles. The normalized spacial score (nSPS) is 12.0. The molecule has 1 atom stereocenters. The maximum atomic E-state index is 9.33. The van der Waals surface area contributed by atoms with Crippen LogP contribution in [-0.2, 0) is 0 Å². The number of aliphatic hydroxyl groups is 1. The molecule has 5 nitrogen and oxygen atoms in total. The molecule has 0 saturated heterocycles. The lowest BCUT2D eigenvalue weighted by molar-refractivity contribution is 0.300. The highest BCUT2D eigenvalue weighted by Gasteiger charge is 2.16. The summed E-state index contributed by atoms with van der Waals surface area (Å²) in [6.45, 7) is 2.06. The number of aromatic nitrogens is 2. The lowest BCUT2D eigenvalue weighted by Gasteiger charge is -2.06. The zero-order valence-electron chi connectivity index (χ0n) is 15.0. The zero-order chi connectivity index (χ0) is 18.5. The average Bonchev–Trinajstić information content (AvgIpc) is 3.11. The van der Waals surface area contributed by atoms with Gasteiger partial charge in [-0.05, 0) is 48.5 Å². The van der Waals surface area contributed by atoms with Crippen LogP contribution in [0, 0.1) is 0 Å². The Morgan fingerprint density at radius 2 is 1.50 bits per heavy atom. The molecule has 2 N–H and O–H groups in total. The third-order valence-corrected chi connectivity index (χ3v) is 4.96. The van der Waals surface area contributed by atoms with E-state index in [1.165, 1.54) is 11.8 Å². The second kappa shape index (κ2) is 8.29. The number of methoxy groups -OCH3 is 2. The predicted octanol–water partition coefficient (Wildman–Crippen LogP) is 4.23. The SMILES string of the molecule is COc1ccc(-c2nc(SC(C)CO)[nH]c2-c2ccc(OC)cc2)cc1. The minimum atomic E-state index is 0.0635. The van der Waals surface area contributed by atoms with E-state index in [2.05, 4.69) is 4.98 Å². The number of ether oxygens (including phenoxy) is 2. The summed E-state index contributed by atoms with van der Waals surface area (Å²) in [5.41, 5.74) is 3.82. The third-order valence-electron chi connectivity index (χ3n) is 3.99. The predicted molar refractivity (Wildman–Crippen MR) is 105 cm³/mol. The number of thioether (sulfide) groups is 1. The molecular formula is C20H22N2O3S. The Hall–Kier alpha value is -2.44. The van der Waals surface area contributed by atoms with Crippen LogP contribution >= 0.6 is 11.8 Å². The highest BCUT2D eigenvalue weighted by Crippen LogP contribution is 2.35. The molecule has 1 heterocycles.